The van der Waals surface area contributed by atoms with E-state index in [0.29, 0.717) is 13.0 Å². The molecule has 0 radical (unpaired) electrons. The van der Waals surface area contributed by atoms with Crippen molar-refractivity contribution in [1.82, 2.24) is 0 Å². The monoisotopic (exact) mass is 687 g/mol. The van der Waals surface area contributed by atoms with Crippen LogP contribution in [0.15, 0.2) is 0 Å². The van der Waals surface area contributed by atoms with Crippen molar-refractivity contribution < 1.29 is 39.4 Å². The highest BCUT2D eigenvalue weighted by molar-refractivity contribution is 5.69. The molecule has 8 heteroatoms. The van der Waals surface area contributed by atoms with Gasteiger partial charge in [0.2, 0.25) is 0 Å². The molecule has 1 aliphatic carbocycles. The van der Waals surface area contributed by atoms with E-state index in [1.807, 2.05) is 0 Å². The summed E-state index contributed by atoms with van der Waals surface area (Å²) in [4.78, 5) is 12.7. The maximum absolute atomic E-state index is 12.7. The molecule has 0 aromatic heterocycles. The summed E-state index contributed by atoms with van der Waals surface area (Å²) in [5.74, 6) is 1.34. The number of hydrogen-bond donors (Lipinski definition) is 4. The van der Waals surface area contributed by atoms with Gasteiger partial charge in [-0.2, -0.15) is 0 Å². The number of aliphatic hydroxyl groups is 4. The number of esters is 1. The van der Waals surface area contributed by atoms with Crippen molar-refractivity contribution in [1.29, 1.82) is 0 Å². The Morgan fingerprint density at radius 2 is 0.958 bits per heavy atom. The van der Waals surface area contributed by atoms with Crippen molar-refractivity contribution in [3.63, 3.8) is 0 Å². The van der Waals surface area contributed by atoms with Gasteiger partial charge in [0.15, 0.2) is 0 Å². The average Bonchev–Trinajstić information content (AvgIpc) is 3.25. The third-order valence-corrected chi connectivity index (χ3v) is 10.2. The van der Waals surface area contributed by atoms with Crippen LogP contribution in [0.1, 0.15) is 182 Å². The largest absolute Gasteiger partial charge is 0.457 e. The maximum atomic E-state index is 12.7. The molecule has 8 atom stereocenters. The number of aliphatic hydroxyl groups excluding tert-OH is 4. The summed E-state index contributed by atoms with van der Waals surface area (Å²) < 4.78 is 17.2. The minimum absolute atomic E-state index is 0.0994. The molecular formula is C40H78O8. The zero-order valence-corrected chi connectivity index (χ0v) is 31.6. The third-order valence-electron chi connectivity index (χ3n) is 10.2. The highest BCUT2D eigenvalue weighted by Crippen LogP contribution is 2.25. The van der Waals surface area contributed by atoms with Gasteiger partial charge >= 0.3 is 5.97 Å². The van der Waals surface area contributed by atoms with E-state index in [4.69, 9.17) is 14.2 Å². The number of hydrogen-bond acceptors (Lipinski definition) is 8. The highest BCUT2D eigenvalue weighted by Gasteiger charge is 2.49. The Labute approximate surface area is 295 Å². The van der Waals surface area contributed by atoms with Crippen LogP contribution in [0.25, 0.3) is 0 Å². The van der Waals surface area contributed by atoms with Gasteiger partial charge in [-0.15, -0.1) is 0 Å². The van der Waals surface area contributed by atoms with Gasteiger partial charge in [-0.25, -0.2) is 0 Å². The Morgan fingerprint density at radius 3 is 1.48 bits per heavy atom. The molecule has 1 aliphatic rings. The van der Waals surface area contributed by atoms with Gasteiger partial charge in [0.1, 0.15) is 36.6 Å². The van der Waals surface area contributed by atoms with Crippen LogP contribution in [0.2, 0.25) is 0 Å². The topological polar surface area (TPSA) is 126 Å². The Bertz CT molecular complexity index is 722. The van der Waals surface area contributed by atoms with E-state index >= 15 is 0 Å². The van der Waals surface area contributed by atoms with Gasteiger partial charge in [0.05, 0.1) is 13.2 Å². The summed E-state index contributed by atoms with van der Waals surface area (Å²) in [5, 5.41) is 40.1. The minimum atomic E-state index is -1.49. The quantitative estimate of drug-likeness (QED) is 0.0401. The first-order valence-electron chi connectivity index (χ1n) is 20.3. The predicted molar refractivity (Wildman–Crippen MR) is 195 cm³/mol. The first-order chi connectivity index (χ1) is 23.2. The molecule has 0 saturated heterocycles. The molecule has 0 spiro atoms. The van der Waals surface area contributed by atoms with Crippen LogP contribution >= 0.6 is 0 Å². The van der Waals surface area contributed by atoms with Gasteiger partial charge in [-0.1, -0.05) is 163 Å². The van der Waals surface area contributed by atoms with Crippen LogP contribution in [0, 0.1) is 11.8 Å². The highest BCUT2D eigenvalue weighted by atomic mass is 16.6. The summed E-state index contributed by atoms with van der Waals surface area (Å²) in [6.45, 7) is 9.89. The van der Waals surface area contributed by atoms with E-state index in [1.165, 1.54) is 116 Å². The second-order valence-corrected chi connectivity index (χ2v) is 15.1. The lowest BCUT2D eigenvalue weighted by molar-refractivity contribution is -0.163. The van der Waals surface area contributed by atoms with Crippen LogP contribution in [0.5, 0.6) is 0 Å². The zero-order chi connectivity index (χ0) is 35.4. The molecule has 0 amide bonds. The Kier molecular flexibility index (Phi) is 28.2. The standard InChI is InChI=1S/C40H78O8/c1-5-7-9-19-25-33(4)27-20-14-11-10-12-17-23-29-46-30-34(31-47-40-38(44)36(42)37(43)39(40)45)48-35(41)28-22-16-13-15-21-26-32(3)24-18-8-6-2/h32-34,36-40,42-45H,5-31H2,1-4H3/t32?,33?,34-,36+,37?,38?,39?,40?/m0/s1. The molecule has 1 rings (SSSR count). The Hall–Kier alpha value is -0.770. The first-order valence-corrected chi connectivity index (χ1v) is 20.3. The molecule has 1 saturated carbocycles. The molecule has 8 nitrogen and oxygen atoms in total. The van der Waals surface area contributed by atoms with Crippen LogP contribution in [-0.2, 0) is 19.0 Å². The lowest BCUT2D eigenvalue weighted by atomic mass is 9.96. The summed E-state index contributed by atoms with van der Waals surface area (Å²) in [7, 11) is 0. The van der Waals surface area contributed by atoms with Crippen LogP contribution in [0.3, 0.4) is 0 Å². The summed E-state index contributed by atoms with van der Waals surface area (Å²) >= 11 is 0. The second kappa shape index (κ2) is 29.9. The Balaban J connectivity index is 2.27. The molecule has 286 valence electrons. The molecule has 0 heterocycles. The normalized spacial score (nSPS) is 23.0. The average molecular weight is 687 g/mol. The fourth-order valence-corrected chi connectivity index (χ4v) is 6.81. The molecule has 0 aromatic rings. The molecule has 0 aliphatic heterocycles. The smallest absolute Gasteiger partial charge is 0.306 e. The van der Waals surface area contributed by atoms with Crippen molar-refractivity contribution >= 4 is 5.97 Å². The number of unbranched alkanes of at least 4 members (excludes halogenated alkanes) is 15. The van der Waals surface area contributed by atoms with Crippen LogP contribution in [-0.4, -0.2) is 82.8 Å². The maximum Gasteiger partial charge on any atom is 0.306 e. The van der Waals surface area contributed by atoms with E-state index in [1.54, 1.807) is 0 Å². The van der Waals surface area contributed by atoms with Gasteiger partial charge in [-0.3, -0.25) is 4.79 Å². The van der Waals surface area contributed by atoms with Gasteiger partial charge in [-0.05, 0) is 24.7 Å². The second-order valence-electron chi connectivity index (χ2n) is 15.1. The van der Waals surface area contributed by atoms with E-state index < -0.39 is 36.6 Å². The molecule has 6 unspecified atom stereocenters. The third kappa shape index (κ3) is 22.1. The van der Waals surface area contributed by atoms with Crippen LogP contribution < -0.4 is 0 Å². The molecule has 0 bridgehead atoms. The number of carbonyl (C=O) groups is 1. The van der Waals surface area contributed by atoms with Crippen molar-refractivity contribution in [2.24, 2.45) is 11.8 Å². The summed E-state index contributed by atoms with van der Waals surface area (Å²) in [6.07, 6.45) is 21.1. The van der Waals surface area contributed by atoms with E-state index in [2.05, 4.69) is 27.7 Å². The number of rotatable bonds is 33. The first kappa shape index (κ1) is 45.3. The zero-order valence-electron chi connectivity index (χ0n) is 31.6. The van der Waals surface area contributed by atoms with Gasteiger partial charge in [0.25, 0.3) is 0 Å². The lowest BCUT2D eigenvalue weighted by Gasteiger charge is -2.24. The van der Waals surface area contributed by atoms with E-state index in [0.717, 1.165) is 43.9 Å². The molecular weight excluding hydrogens is 608 g/mol. The predicted octanol–water partition coefficient (Wildman–Crippen LogP) is 8.43. The van der Waals surface area contributed by atoms with Gasteiger partial charge < -0.3 is 34.6 Å². The molecule has 1 fully saturated rings. The number of ether oxygens (including phenoxy) is 3. The van der Waals surface area contributed by atoms with E-state index in [9.17, 15) is 25.2 Å². The van der Waals surface area contributed by atoms with Crippen molar-refractivity contribution in [3.05, 3.63) is 0 Å². The fourth-order valence-electron chi connectivity index (χ4n) is 6.81. The minimum Gasteiger partial charge on any atom is -0.457 e. The summed E-state index contributed by atoms with van der Waals surface area (Å²) in [6, 6.07) is 0. The fraction of sp³-hybridized carbons (Fsp3) is 0.975. The Morgan fingerprint density at radius 1 is 0.542 bits per heavy atom. The molecule has 0 aromatic carbocycles. The molecule has 4 N–H and O–H groups in total. The van der Waals surface area contributed by atoms with E-state index in [-0.39, 0.29) is 19.2 Å². The number of carbonyl (C=O) groups excluding carboxylic acids is 1. The molecule has 48 heavy (non-hydrogen) atoms. The van der Waals surface area contributed by atoms with Crippen molar-refractivity contribution in [3.8, 4) is 0 Å². The SMILES string of the molecule is CCCCCCC(C)CCCCCCCCCOC[C@@H](COC1C(O)C(O)[C@@H](O)C1O)OC(=O)CCCCCCCC(C)CCCCC. The van der Waals surface area contributed by atoms with Crippen molar-refractivity contribution in [2.75, 3.05) is 19.8 Å². The van der Waals surface area contributed by atoms with Crippen LogP contribution in [0.4, 0.5) is 0 Å². The van der Waals surface area contributed by atoms with Crippen molar-refractivity contribution in [2.45, 2.75) is 218 Å². The van der Waals surface area contributed by atoms with Gasteiger partial charge in [0, 0.05) is 13.0 Å². The summed E-state index contributed by atoms with van der Waals surface area (Å²) in [5.41, 5.74) is 0. The lowest BCUT2D eigenvalue weighted by Crippen LogP contribution is -2.39.